The lowest BCUT2D eigenvalue weighted by atomic mass is 10.1. The highest BCUT2D eigenvalue weighted by atomic mass is 16.5. The molecule has 1 aromatic rings. The first-order valence-electron chi connectivity index (χ1n) is 9.45. The van der Waals surface area contributed by atoms with E-state index in [-0.39, 0.29) is 0 Å². The molecular weight excluding hydrogens is 316 g/mol. The fraction of sp³-hybridized carbons (Fsp3) is 0.684. The van der Waals surface area contributed by atoms with Crippen molar-refractivity contribution in [2.75, 3.05) is 26.8 Å². The van der Waals surface area contributed by atoms with Crippen LogP contribution in [0.1, 0.15) is 51.0 Å². The van der Waals surface area contributed by atoms with Crippen molar-refractivity contribution in [1.29, 1.82) is 0 Å². The van der Waals surface area contributed by atoms with Crippen LogP contribution < -0.4 is 15.4 Å². The summed E-state index contributed by atoms with van der Waals surface area (Å²) in [5, 5.41) is 6.60. The second-order valence-electron chi connectivity index (χ2n) is 6.28. The normalized spacial score (nSPS) is 16.3. The number of pyridine rings is 1. The van der Waals surface area contributed by atoms with E-state index >= 15 is 0 Å². The number of nitrogens with zero attached hydrogens (tertiary/aromatic N) is 2. The predicted molar refractivity (Wildman–Crippen MR) is 101 cm³/mol. The van der Waals surface area contributed by atoms with Crippen LogP contribution in [0.4, 0.5) is 0 Å². The first-order valence-corrected chi connectivity index (χ1v) is 9.45. The lowest BCUT2D eigenvalue weighted by Gasteiger charge is -2.16. The van der Waals surface area contributed by atoms with E-state index in [1.165, 1.54) is 38.5 Å². The van der Waals surface area contributed by atoms with E-state index in [0.29, 0.717) is 25.1 Å². The Kier molecular flexibility index (Phi) is 9.12. The Hall–Kier alpha value is -1.82. The van der Waals surface area contributed by atoms with Gasteiger partial charge < -0.3 is 20.1 Å². The molecule has 6 heteroatoms. The van der Waals surface area contributed by atoms with E-state index in [4.69, 9.17) is 9.47 Å². The molecule has 0 aliphatic heterocycles. The van der Waals surface area contributed by atoms with E-state index in [1.54, 1.807) is 13.3 Å². The van der Waals surface area contributed by atoms with Crippen LogP contribution in [0.2, 0.25) is 0 Å². The third-order valence-corrected chi connectivity index (χ3v) is 4.35. The minimum Gasteiger partial charge on any atom is -0.481 e. The highest BCUT2D eigenvalue weighted by molar-refractivity contribution is 5.79. The minimum atomic E-state index is 0.434. The number of hydrogen-bond donors (Lipinski definition) is 2. The molecule has 0 saturated heterocycles. The standard InChI is InChI=1S/C19H32N4O2/c1-3-20-19(23-15-16-9-8-12-21-18(16)24-2)22-13-14-25-17-10-6-4-5-7-11-17/h8-9,12,17H,3-7,10-11,13-15H2,1-2H3,(H2,20,22,23). The number of nitrogens with one attached hydrogen (secondary N) is 2. The first-order chi connectivity index (χ1) is 12.3. The Labute approximate surface area is 151 Å². The largest absolute Gasteiger partial charge is 0.481 e. The Bertz CT molecular complexity index is 514. The van der Waals surface area contributed by atoms with Gasteiger partial charge in [-0.2, -0.15) is 0 Å². The molecule has 0 unspecified atom stereocenters. The van der Waals surface area contributed by atoms with Gasteiger partial charge >= 0.3 is 0 Å². The molecule has 0 bridgehead atoms. The Morgan fingerprint density at radius 3 is 2.76 bits per heavy atom. The van der Waals surface area contributed by atoms with Gasteiger partial charge in [-0.3, -0.25) is 0 Å². The summed E-state index contributed by atoms with van der Waals surface area (Å²) < 4.78 is 11.3. The number of methoxy groups -OCH3 is 1. The van der Waals surface area contributed by atoms with Crippen LogP contribution in [0.25, 0.3) is 0 Å². The van der Waals surface area contributed by atoms with Gasteiger partial charge in [0.2, 0.25) is 5.88 Å². The van der Waals surface area contributed by atoms with Crippen molar-refractivity contribution in [1.82, 2.24) is 15.6 Å². The molecule has 2 N–H and O–H groups in total. The van der Waals surface area contributed by atoms with Gasteiger partial charge in [0.05, 0.1) is 26.4 Å². The summed E-state index contributed by atoms with van der Waals surface area (Å²) in [4.78, 5) is 8.81. The van der Waals surface area contributed by atoms with Crippen LogP contribution in [-0.2, 0) is 11.3 Å². The molecule has 0 radical (unpaired) electrons. The molecular formula is C19H32N4O2. The zero-order valence-electron chi connectivity index (χ0n) is 15.6. The lowest BCUT2D eigenvalue weighted by molar-refractivity contribution is 0.0468. The van der Waals surface area contributed by atoms with Crippen LogP contribution in [-0.4, -0.2) is 43.9 Å². The molecule has 2 rings (SSSR count). The van der Waals surface area contributed by atoms with Crippen LogP contribution in [0.5, 0.6) is 5.88 Å². The average Bonchev–Trinajstić information content (AvgIpc) is 2.92. The predicted octanol–water partition coefficient (Wildman–Crippen LogP) is 2.88. The van der Waals surface area contributed by atoms with E-state index in [1.807, 2.05) is 12.1 Å². The third-order valence-electron chi connectivity index (χ3n) is 4.35. The van der Waals surface area contributed by atoms with Crippen molar-refractivity contribution in [3.63, 3.8) is 0 Å². The van der Waals surface area contributed by atoms with Gasteiger partial charge in [-0.05, 0) is 25.8 Å². The van der Waals surface area contributed by atoms with Crippen molar-refractivity contribution in [3.05, 3.63) is 23.9 Å². The lowest BCUT2D eigenvalue weighted by Crippen LogP contribution is -2.39. The van der Waals surface area contributed by atoms with Crippen molar-refractivity contribution in [2.24, 2.45) is 4.99 Å². The monoisotopic (exact) mass is 348 g/mol. The van der Waals surface area contributed by atoms with E-state index in [2.05, 4.69) is 27.5 Å². The summed E-state index contributed by atoms with van der Waals surface area (Å²) in [5.41, 5.74) is 0.969. The number of hydrogen-bond acceptors (Lipinski definition) is 4. The number of aromatic nitrogens is 1. The second-order valence-corrected chi connectivity index (χ2v) is 6.28. The van der Waals surface area contributed by atoms with Crippen LogP contribution in [0.3, 0.4) is 0 Å². The molecule has 0 spiro atoms. The maximum absolute atomic E-state index is 6.02. The third kappa shape index (κ3) is 7.30. The zero-order chi connectivity index (χ0) is 17.7. The van der Waals surface area contributed by atoms with Gasteiger partial charge in [-0.15, -0.1) is 0 Å². The van der Waals surface area contributed by atoms with Crippen LogP contribution in [0.15, 0.2) is 23.3 Å². The number of rotatable bonds is 8. The average molecular weight is 348 g/mol. The summed E-state index contributed by atoms with van der Waals surface area (Å²) in [6, 6.07) is 3.88. The molecule has 25 heavy (non-hydrogen) atoms. The molecule has 1 aliphatic carbocycles. The molecule has 0 atom stereocenters. The highest BCUT2D eigenvalue weighted by Crippen LogP contribution is 2.19. The fourth-order valence-electron chi connectivity index (χ4n) is 3.04. The van der Waals surface area contributed by atoms with Gasteiger partial charge in [0.15, 0.2) is 5.96 Å². The maximum Gasteiger partial charge on any atom is 0.218 e. The van der Waals surface area contributed by atoms with E-state index < -0.39 is 0 Å². The number of ether oxygens (including phenoxy) is 2. The minimum absolute atomic E-state index is 0.434. The van der Waals surface area contributed by atoms with Crippen molar-refractivity contribution >= 4 is 5.96 Å². The van der Waals surface area contributed by atoms with Gasteiger partial charge in [-0.25, -0.2) is 9.98 Å². The molecule has 1 aliphatic rings. The molecule has 1 fully saturated rings. The number of guanidine groups is 1. The van der Waals surface area contributed by atoms with Crippen molar-refractivity contribution in [2.45, 2.75) is 58.1 Å². The smallest absolute Gasteiger partial charge is 0.218 e. The Balaban J connectivity index is 1.77. The molecule has 6 nitrogen and oxygen atoms in total. The molecule has 1 saturated carbocycles. The topological polar surface area (TPSA) is 67.8 Å². The Morgan fingerprint density at radius 1 is 1.24 bits per heavy atom. The summed E-state index contributed by atoms with van der Waals surface area (Å²) in [6.07, 6.45) is 9.87. The summed E-state index contributed by atoms with van der Waals surface area (Å²) in [6.45, 7) is 4.87. The quantitative estimate of drug-likeness (QED) is 0.327. The van der Waals surface area contributed by atoms with Crippen LogP contribution in [0, 0.1) is 0 Å². The van der Waals surface area contributed by atoms with Crippen molar-refractivity contribution < 1.29 is 9.47 Å². The zero-order valence-corrected chi connectivity index (χ0v) is 15.6. The van der Waals surface area contributed by atoms with Gasteiger partial charge in [0, 0.05) is 24.8 Å². The van der Waals surface area contributed by atoms with E-state index in [9.17, 15) is 0 Å². The second kappa shape index (κ2) is 11.7. The SMILES string of the molecule is CCNC(=NCc1cccnc1OC)NCCOC1CCCCCC1. The fourth-order valence-corrected chi connectivity index (χ4v) is 3.04. The Morgan fingerprint density at radius 2 is 2.04 bits per heavy atom. The van der Waals surface area contributed by atoms with Crippen molar-refractivity contribution in [3.8, 4) is 5.88 Å². The molecule has 1 aromatic heterocycles. The van der Waals surface area contributed by atoms with Crippen LogP contribution >= 0.6 is 0 Å². The van der Waals surface area contributed by atoms with Gasteiger partial charge in [-0.1, -0.05) is 31.7 Å². The summed E-state index contributed by atoms with van der Waals surface area (Å²) in [5.74, 6) is 1.41. The molecule has 140 valence electrons. The molecule has 0 amide bonds. The summed E-state index contributed by atoms with van der Waals surface area (Å²) >= 11 is 0. The first kappa shape index (κ1) is 19.5. The molecule has 0 aromatic carbocycles. The highest BCUT2D eigenvalue weighted by Gasteiger charge is 2.12. The molecule has 1 heterocycles. The number of aliphatic imine (C=N–C) groups is 1. The summed E-state index contributed by atoms with van der Waals surface area (Å²) in [7, 11) is 1.63. The van der Waals surface area contributed by atoms with Gasteiger partial charge in [0.25, 0.3) is 0 Å². The maximum atomic E-state index is 6.02. The van der Waals surface area contributed by atoms with Gasteiger partial charge in [0.1, 0.15) is 0 Å². The van der Waals surface area contributed by atoms with E-state index in [0.717, 1.165) is 24.6 Å².